The van der Waals surface area contributed by atoms with Gasteiger partial charge in [0, 0.05) is 12.3 Å². The summed E-state index contributed by atoms with van der Waals surface area (Å²) < 4.78 is 36.4. The molecule has 7 nitrogen and oxygen atoms in total. The lowest BCUT2D eigenvalue weighted by molar-refractivity contribution is -0.0498. The van der Waals surface area contributed by atoms with Gasteiger partial charge in [0.25, 0.3) is 0 Å². The van der Waals surface area contributed by atoms with E-state index in [9.17, 15) is 8.78 Å². The van der Waals surface area contributed by atoms with Gasteiger partial charge in [-0.3, -0.25) is 4.98 Å². The number of hydrogen-bond donors (Lipinski definition) is 0. The highest BCUT2D eigenvalue weighted by Crippen LogP contribution is 2.37. The van der Waals surface area contributed by atoms with E-state index in [0.717, 1.165) is 29.9 Å². The number of aromatic nitrogens is 5. The van der Waals surface area contributed by atoms with Crippen LogP contribution in [0.15, 0.2) is 43.0 Å². The molecule has 28 heavy (non-hydrogen) atoms. The first-order chi connectivity index (χ1) is 13.7. The maximum absolute atomic E-state index is 12.3. The number of halogens is 2. The monoisotopic (exact) mass is 387 g/mol. The van der Waals surface area contributed by atoms with Gasteiger partial charge in [0.15, 0.2) is 5.82 Å². The van der Waals surface area contributed by atoms with Gasteiger partial charge in [-0.1, -0.05) is 12.1 Å². The average Bonchev–Trinajstić information content (AvgIpc) is 3.42. The highest BCUT2D eigenvalue weighted by molar-refractivity contribution is 5.28. The van der Waals surface area contributed by atoms with Crippen LogP contribution in [-0.2, 0) is 13.0 Å². The predicted octanol–water partition coefficient (Wildman–Crippen LogP) is 3.22. The van der Waals surface area contributed by atoms with Crippen molar-refractivity contribution in [2.45, 2.75) is 38.3 Å². The van der Waals surface area contributed by atoms with Crippen LogP contribution < -0.4 is 9.47 Å². The molecule has 0 radical (unpaired) electrons. The minimum atomic E-state index is -2.84. The molecule has 9 heteroatoms. The fourth-order valence-corrected chi connectivity index (χ4v) is 2.76. The summed E-state index contributed by atoms with van der Waals surface area (Å²) in [6.45, 7) is -2.03. The molecule has 0 spiro atoms. The highest BCUT2D eigenvalue weighted by Gasteiger charge is 2.27. The lowest BCUT2D eigenvalue weighted by Crippen LogP contribution is -2.07. The standard InChI is InChI=1S/C19H19F2N5O2/c20-19(21)28-16-3-1-2-13(8-16)6-7-27-17-10-22-9-15(24-17)11-26-12-23-18(25-26)14-4-5-14/h1-3,8-10,12,14,19H,4-7,11H2. The Morgan fingerprint density at radius 2 is 2.11 bits per heavy atom. The van der Waals surface area contributed by atoms with E-state index in [0.29, 0.717) is 31.4 Å². The Hall–Kier alpha value is -3.10. The van der Waals surface area contributed by atoms with E-state index in [1.807, 2.05) is 6.07 Å². The van der Waals surface area contributed by atoms with E-state index < -0.39 is 6.61 Å². The maximum atomic E-state index is 12.3. The Bertz CT molecular complexity index is 930. The Balaban J connectivity index is 1.31. The number of nitrogens with zero attached hydrogens (tertiary/aromatic N) is 5. The van der Waals surface area contributed by atoms with Crippen LogP contribution in [0.5, 0.6) is 11.6 Å². The quantitative estimate of drug-likeness (QED) is 0.561. The fourth-order valence-electron chi connectivity index (χ4n) is 2.76. The SMILES string of the molecule is FC(F)Oc1cccc(CCOc2cncc(Cn3cnc(C4CC4)n3)n2)c1. The van der Waals surface area contributed by atoms with Crippen LogP contribution in [0.25, 0.3) is 0 Å². The second kappa shape index (κ2) is 8.28. The molecule has 1 aliphatic rings. The van der Waals surface area contributed by atoms with Crippen molar-refractivity contribution in [1.82, 2.24) is 24.7 Å². The van der Waals surface area contributed by atoms with Gasteiger partial charge in [-0.25, -0.2) is 14.6 Å². The van der Waals surface area contributed by atoms with Gasteiger partial charge in [-0.15, -0.1) is 0 Å². The molecule has 2 aromatic heterocycles. The molecule has 0 amide bonds. The minimum Gasteiger partial charge on any atom is -0.476 e. The predicted molar refractivity (Wildman–Crippen MR) is 95.4 cm³/mol. The van der Waals surface area contributed by atoms with E-state index in [1.54, 1.807) is 29.3 Å². The highest BCUT2D eigenvalue weighted by atomic mass is 19.3. The summed E-state index contributed by atoms with van der Waals surface area (Å²) in [4.78, 5) is 12.9. The summed E-state index contributed by atoms with van der Waals surface area (Å²) in [5.41, 5.74) is 1.55. The largest absolute Gasteiger partial charge is 0.476 e. The Kier molecular flexibility index (Phi) is 5.41. The van der Waals surface area contributed by atoms with Crippen LogP contribution in [0.2, 0.25) is 0 Å². The Morgan fingerprint density at radius 3 is 2.93 bits per heavy atom. The third-order valence-electron chi connectivity index (χ3n) is 4.25. The van der Waals surface area contributed by atoms with Crippen molar-refractivity contribution in [2.75, 3.05) is 6.61 Å². The van der Waals surface area contributed by atoms with E-state index in [2.05, 4.69) is 24.8 Å². The molecular formula is C19H19F2N5O2. The summed E-state index contributed by atoms with van der Waals surface area (Å²) in [7, 11) is 0. The molecule has 0 N–H and O–H groups in total. The van der Waals surface area contributed by atoms with Gasteiger partial charge >= 0.3 is 6.61 Å². The van der Waals surface area contributed by atoms with Crippen LogP contribution in [0, 0.1) is 0 Å². The zero-order chi connectivity index (χ0) is 19.3. The lowest BCUT2D eigenvalue weighted by atomic mass is 10.1. The first-order valence-corrected chi connectivity index (χ1v) is 9.02. The maximum Gasteiger partial charge on any atom is 0.387 e. The third kappa shape index (κ3) is 4.99. The number of rotatable bonds is 9. The summed E-state index contributed by atoms with van der Waals surface area (Å²) in [5, 5.41) is 4.46. The van der Waals surface area contributed by atoms with Gasteiger partial charge in [-0.2, -0.15) is 13.9 Å². The summed E-state index contributed by atoms with van der Waals surface area (Å²) in [5.74, 6) is 1.93. The molecule has 4 rings (SSSR count). The molecule has 1 fully saturated rings. The molecule has 0 saturated heterocycles. The van der Waals surface area contributed by atoms with Crippen LogP contribution in [0.4, 0.5) is 8.78 Å². The van der Waals surface area contributed by atoms with Crippen molar-refractivity contribution in [3.05, 3.63) is 60.1 Å². The molecule has 1 saturated carbocycles. The Morgan fingerprint density at radius 1 is 1.21 bits per heavy atom. The molecule has 3 aromatic rings. The molecule has 0 aliphatic heterocycles. The topological polar surface area (TPSA) is 75.0 Å². The first-order valence-electron chi connectivity index (χ1n) is 9.02. The molecule has 0 bridgehead atoms. The zero-order valence-corrected chi connectivity index (χ0v) is 15.0. The van der Waals surface area contributed by atoms with Gasteiger partial charge in [-0.05, 0) is 30.5 Å². The number of benzene rings is 1. The first kappa shape index (κ1) is 18.3. The third-order valence-corrected chi connectivity index (χ3v) is 4.25. The molecule has 1 aromatic carbocycles. The number of alkyl halides is 2. The second-order valence-corrected chi connectivity index (χ2v) is 6.55. The van der Waals surface area contributed by atoms with Crippen molar-refractivity contribution in [3.63, 3.8) is 0 Å². The molecule has 0 unspecified atom stereocenters. The molecule has 2 heterocycles. The van der Waals surface area contributed by atoms with Crippen LogP contribution in [0.3, 0.4) is 0 Å². The van der Waals surface area contributed by atoms with E-state index in [1.165, 1.54) is 12.3 Å². The van der Waals surface area contributed by atoms with Crippen molar-refractivity contribution in [1.29, 1.82) is 0 Å². The van der Waals surface area contributed by atoms with Crippen molar-refractivity contribution in [2.24, 2.45) is 0 Å². The molecule has 1 aliphatic carbocycles. The number of hydrogen-bond acceptors (Lipinski definition) is 6. The molecule has 0 atom stereocenters. The van der Waals surface area contributed by atoms with Crippen LogP contribution in [-0.4, -0.2) is 38.0 Å². The summed E-state index contributed by atoms with van der Waals surface area (Å²) in [6.07, 6.45) is 7.75. The zero-order valence-electron chi connectivity index (χ0n) is 15.0. The number of ether oxygens (including phenoxy) is 2. The fraction of sp³-hybridized carbons (Fsp3) is 0.368. The molecule has 146 valence electrons. The normalized spacial score (nSPS) is 13.7. The van der Waals surface area contributed by atoms with Gasteiger partial charge in [0.05, 0.1) is 31.2 Å². The van der Waals surface area contributed by atoms with Gasteiger partial charge in [0.1, 0.15) is 12.1 Å². The Labute approximate surface area is 160 Å². The van der Waals surface area contributed by atoms with Crippen molar-refractivity contribution in [3.8, 4) is 11.6 Å². The molecular weight excluding hydrogens is 368 g/mol. The summed E-state index contributed by atoms with van der Waals surface area (Å²) >= 11 is 0. The van der Waals surface area contributed by atoms with Crippen LogP contribution >= 0.6 is 0 Å². The van der Waals surface area contributed by atoms with Crippen molar-refractivity contribution >= 4 is 0 Å². The van der Waals surface area contributed by atoms with E-state index >= 15 is 0 Å². The lowest BCUT2D eigenvalue weighted by Gasteiger charge is -2.08. The van der Waals surface area contributed by atoms with E-state index in [-0.39, 0.29) is 5.75 Å². The van der Waals surface area contributed by atoms with Crippen molar-refractivity contribution < 1.29 is 18.3 Å². The smallest absolute Gasteiger partial charge is 0.387 e. The second-order valence-electron chi connectivity index (χ2n) is 6.55. The van der Waals surface area contributed by atoms with Gasteiger partial charge < -0.3 is 9.47 Å². The van der Waals surface area contributed by atoms with E-state index in [4.69, 9.17) is 4.74 Å². The minimum absolute atomic E-state index is 0.132. The van der Waals surface area contributed by atoms with Gasteiger partial charge in [0.2, 0.25) is 5.88 Å². The summed E-state index contributed by atoms with van der Waals surface area (Å²) in [6, 6.07) is 6.55. The van der Waals surface area contributed by atoms with Crippen LogP contribution in [0.1, 0.15) is 35.8 Å². The average molecular weight is 387 g/mol.